The zero-order valence-corrected chi connectivity index (χ0v) is 13.7. The van der Waals surface area contributed by atoms with Crippen LogP contribution in [0.1, 0.15) is 37.0 Å². The summed E-state index contributed by atoms with van der Waals surface area (Å²) in [6, 6.07) is 7.77. The van der Waals surface area contributed by atoms with E-state index in [0.717, 1.165) is 21.9 Å². The minimum Gasteiger partial charge on any atom is -0.373 e. The van der Waals surface area contributed by atoms with Crippen molar-refractivity contribution in [3.8, 4) is 0 Å². The lowest BCUT2D eigenvalue weighted by atomic mass is 9.96. The van der Waals surface area contributed by atoms with E-state index in [1.165, 1.54) is 7.05 Å². The SMILES string of the molecule is CCCN(C)S(=O)(=O)NC(=O)CC1OCCc2ccccc21. The third-order valence-electron chi connectivity index (χ3n) is 3.65. The number of nitrogens with one attached hydrogen (secondary N) is 1. The summed E-state index contributed by atoms with van der Waals surface area (Å²) in [6.07, 6.45) is 1.10. The Labute approximate surface area is 131 Å². The van der Waals surface area contributed by atoms with Gasteiger partial charge in [0.15, 0.2) is 0 Å². The molecule has 1 aliphatic heterocycles. The summed E-state index contributed by atoms with van der Waals surface area (Å²) in [6.45, 7) is 2.78. The summed E-state index contributed by atoms with van der Waals surface area (Å²) in [5.74, 6) is -0.551. The van der Waals surface area contributed by atoms with Crippen molar-refractivity contribution >= 4 is 16.1 Å². The van der Waals surface area contributed by atoms with Crippen molar-refractivity contribution in [1.29, 1.82) is 0 Å². The van der Waals surface area contributed by atoms with Crippen LogP contribution in [0.4, 0.5) is 0 Å². The van der Waals surface area contributed by atoms with Crippen LogP contribution in [0.2, 0.25) is 0 Å². The first-order valence-corrected chi connectivity index (χ1v) is 8.84. The molecule has 1 N–H and O–H groups in total. The van der Waals surface area contributed by atoms with Crippen molar-refractivity contribution in [2.24, 2.45) is 0 Å². The van der Waals surface area contributed by atoms with E-state index >= 15 is 0 Å². The maximum absolute atomic E-state index is 12.0. The van der Waals surface area contributed by atoms with Crippen molar-refractivity contribution < 1.29 is 17.9 Å². The highest BCUT2D eigenvalue weighted by molar-refractivity contribution is 7.87. The first kappa shape index (κ1) is 16.9. The van der Waals surface area contributed by atoms with Gasteiger partial charge < -0.3 is 4.74 Å². The lowest BCUT2D eigenvalue weighted by molar-refractivity contribution is -0.122. The number of hydrogen-bond donors (Lipinski definition) is 1. The second-order valence-electron chi connectivity index (χ2n) is 5.36. The zero-order chi connectivity index (χ0) is 16.2. The summed E-state index contributed by atoms with van der Waals surface area (Å²) in [5, 5.41) is 0. The van der Waals surface area contributed by atoms with Gasteiger partial charge >= 0.3 is 10.2 Å². The molecule has 0 bridgehead atoms. The van der Waals surface area contributed by atoms with Gasteiger partial charge in [0.25, 0.3) is 0 Å². The molecular formula is C15H22N2O4S. The van der Waals surface area contributed by atoms with Crippen LogP contribution in [0.25, 0.3) is 0 Å². The molecule has 0 radical (unpaired) electrons. The van der Waals surface area contributed by atoms with Crippen LogP contribution in [-0.4, -0.2) is 38.8 Å². The topological polar surface area (TPSA) is 75.7 Å². The maximum atomic E-state index is 12.0. The molecule has 0 spiro atoms. The fraction of sp³-hybridized carbons (Fsp3) is 0.533. The number of hydrogen-bond acceptors (Lipinski definition) is 4. The number of carbonyl (C=O) groups excluding carboxylic acids is 1. The second-order valence-corrected chi connectivity index (χ2v) is 7.14. The van der Waals surface area contributed by atoms with E-state index in [1.807, 2.05) is 31.2 Å². The molecule has 1 aromatic rings. The molecule has 0 aliphatic carbocycles. The fourth-order valence-electron chi connectivity index (χ4n) is 2.51. The van der Waals surface area contributed by atoms with Gasteiger partial charge in [-0.3, -0.25) is 4.79 Å². The Balaban J connectivity index is 2.02. The predicted molar refractivity (Wildman–Crippen MR) is 83.4 cm³/mol. The monoisotopic (exact) mass is 326 g/mol. The molecule has 22 heavy (non-hydrogen) atoms. The maximum Gasteiger partial charge on any atom is 0.303 e. The van der Waals surface area contributed by atoms with Crippen molar-refractivity contribution in [1.82, 2.24) is 9.03 Å². The van der Waals surface area contributed by atoms with E-state index in [0.29, 0.717) is 19.6 Å². The van der Waals surface area contributed by atoms with E-state index < -0.39 is 22.2 Å². The van der Waals surface area contributed by atoms with Gasteiger partial charge in [0.05, 0.1) is 19.1 Å². The molecule has 0 fully saturated rings. The van der Waals surface area contributed by atoms with Gasteiger partial charge in [0.1, 0.15) is 0 Å². The van der Waals surface area contributed by atoms with Gasteiger partial charge in [-0.1, -0.05) is 31.2 Å². The smallest absolute Gasteiger partial charge is 0.303 e. The molecule has 0 saturated heterocycles. The van der Waals surface area contributed by atoms with Crippen LogP contribution in [0.15, 0.2) is 24.3 Å². The van der Waals surface area contributed by atoms with Crippen LogP contribution in [0, 0.1) is 0 Å². The molecule has 1 atom stereocenters. The Hall–Kier alpha value is -1.44. The van der Waals surface area contributed by atoms with Gasteiger partial charge in [0.2, 0.25) is 5.91 Å². The minimum absolute atomic E-state index is 0.00376. The number of amides is 1. The molecule has 0 saturated carbocycles. The quantitative estimate of drug-likeness (QED) is 0.857. The minimum atomic E-state index is -3.77. The lowest BCUT2D eigenvalue weighted by Crippen LogP contribution is -2.42. The van der Waals surface area contributed by atoms with Crippen LogP contribution >= 0.6 is 0 Å². The second kappa shape index (κ2) is 7.21. The number of rotatable bonds is 6. The highest BCUT2D eigenvalue weighted by atomic mass is 32.2. The van der Waals surface area contributed by atoms with Gasteiger partial charge in [-0.2, -0.15) is 12.7 Å². The van der Waals surface area contributed by atoms with Crippen molar-refractivity contribution in [3.05, 3.63) is 35.4 Å². The van der Waals surface area contributed by atoms with Crippen molar-refractivity contribution in [2.45, 2.75) is 32.3 Å². The molecular weight excluding hydrogens is 304 g/mol. The van der Waals surface area contributed by atoms with E-state index in [4.69, 9.17) is 4.74 Å². The third kappa shape index (κ3) is 4.06. The summed E-state index contributed by atoms with van der Waals surface area (Å²) in [7, 11) is -2.32. The molecule has 1 unspecified atom stereocenters. The van der Waals surface area contributed by atoms with Crippen LogP contribution in [0.5, 0.6) is 0 Å². The summed E-state index contributed by atoms with van der Waals surface area (Å²) >= 11 is 0. The fourth-order valence-corrected chi connectivity index (χ4v) is 3.46. The van der Waals surface area contributed by atoms with Crippen LogP contribution < -0.4 is 4.72 Å². The Kier molecular flexibility index (Phi) is 5.55. The first-order valence-electron chi connectivity index (χ1n) is 7.40. The van der Waals surface area contributed by atoms with Gasteiger partial charge in [-0.15, -0.1) is 0 Å². The van der Waals surface area contributed by atoms with E-state index in [1.54, 1.807) is 0 Å². The average Bonchev–Trinajstić information content (AvgIpc) is 2.47. The van der Waals surface area contributed by atoms with Crippen LogP contribution in [-0.2, 0) is 26.2 Å². The predicted octanol–water partition coefficient (Wildman–Crippen LogP) is 1.39. The Bertz CT molecular complexity index is 630. The van der Waals surface area contributed by atoms with E-state index in [2.05, 4.69) is 4.72 Å². The van der Waals surface area contributed by atoms with E-state index in [-0.39, 0.29) is 6.42 Å². The number of benzene rings is 1. The number of fused-ring (bicyclic) bond motifs is 1. The van der Waals surface area contributed by atoms with Crippen LogP contribution in [0.3, 0.4) is 0 Å². The third-order valence-corrected chi connectivity index (χ3v) is 5.14. The lowest BCUT2D eigenvalue weighted by Gasteiger charge is -2.26. The number of ether oxygens (including phenoxy) is 1. The van der Waals surface area contributed by atoms with E-state index in [9.17, 15) is 13.2 Å². The standard InChI is InChI=1S/C15H22N2O4S/c1-3-9-17(2)22(19,20)16-15(18)11-14-13-7-5-4-6-12(13)8-10-21-14/h4-7,14H,3,8-11H2,1-2H3,(H,16,18). The number of nitrogens with zero attached hydrogens (tertiary/aromatic N) is 1. The summed E-state index contributed by atoms with van der Waals surface area (Å²) in [4.78, 5) is 12.0. The first-order chi connectivity index (χ1) is 10.4. The van der Waals surface area contributed by atoms with Gasteiger partial charge in [-0.25, -0.2) is 4.72 Å². The van der Waals surface area contributed by atoms with Crippen molar-refractivity contribution in [3.63, 3.8) is 0 Å². The normalized spacial score (nSPS) is 18.0. The Morgan fingerprint density at radius 1 is 1.41 bits per heavy atom. The summed E-state index contributed by atoms with van der Waals surface area (Å²) in [5.41, 5.74) is 2.11. The molecule has 1 aliphatic rings. The molecule has 2 rings (SSSR count). The largest absolute Gasteiger partial charge is 0.373 e. The molecule has 1 aromatic carbocycles. The molecule has 0 aromatic heterocycles. The van der Waals surface area contributed by atoms with Crippen molar-refractivity contribution in [2.75, 3.05) is 20.2 Å². The molecule has 122 valence electrons. The number of carbonyl (C=O) groups is 1. The average molecular weight is 326 g/mol. The molecule has 7 heteroatoms. The summed E-state index contributed by atoms with van der Waals surface area (Å²) < 4.78 is 32.8. The highest BCUT2D eigenvalue weighted by Crippen LogP contribution is 2.29. The zero-order valence-electron chi connectivity index (χ0n) is 12.9. The molecule has 6 nitrogen and oxygen atoms in total. The van der Waals surface area contributed by atoms with Gasteiger partial charge in [-0.05, 0) is 24.0 Å². The highest BCUT2D eigenvalue weighted by Gasteiger charge is 2.26. The van der Waals surface area contributed by atoms with Gasteiger partial charge in [0, 0.05) is 13.6 Å². The molecule has 1 heterocycles. The Morgan fingerprint density at radius 2 is 2.14 bits per heavy atom. The molecule has 1 amide bonds. The Morgan fingerprint density at radius 3 is 2.86 bits per heavy atom.